The van der Waals surface area contributed by atoms with Crippen molar-refractivity contribution in [1.82, 2.24) is 9.13 Å². The highest BCUT2D eigenvalue weighted by Gasteiger charge is 2.21. The third kappa shape index (κ3) is 4.24. The number of para-hydroxylation sites is 1. The maximum absolute atomic E-state index is 13.3. The number of ketones is 1. The van der Waals surface area contributed by atoms with E-state index in [0.29, 0.717) is 16.8 Å². The molecular formula is C27H25FN2O3. The van der Waals surface area contributed by atoms with Gasteiger partial charge < -0.3 is 13.9 Å². The van der Waals surface area contributed by atoms with Gasteiger partial charge in [-0.3, -0.25) is 4.79 Å². The molecule has 6 heteroatoms. The smallest absolute Gasteiger partial charge is 0.340 e. The largest absolute Gasteiger partial charge is 0.454 e. The quantitative estimate of drug-likeness (QED) is 0.284. The van der Waals surface area contributed by atoms with E-state index in [9.17, 15) is 14.0 Å². The maximum Gasteiger partial charge on any atom is 0.340 e. The Balaban J connectivity index is 1.52. The standard InChI is InChI=1S/C27H25FN2O3/c1-17-14-24(19(3)29(17)22-8-6-5-7-9-22)26(31)16-33-27(32)25-15-18(2)30(20(25)4)23-12-10-21(28)11-13-23/h5-15H,16H2,1-4H3. The second-order valence-electron chi connectivity index (χ2n) is 8.05. The number of ether oxygens (including phenoxy) is 1. The predicted molar refractivity (Wildman–Crippen MR) is 125 cm³/mol. The second kappa shape index (κ2) is 8.90. The number of aromatic nitrogens is 2. The zero-order chi connectivity index (χ0) is 23.7. The van der Waals surface area contributed by atoms with E-state index < -0.39 is 5.97 Å². The number of Topliss-reactive ketones (excluding diaryl/α,β-unsaturated/α-hetero) is 1. The van der Waals surface area contributed by atoms with Crippen LogP contribution >= 0.6 is 0 Å². The molecule has 0 amide bonds. The lowest BCUT2D eigenvalue weighted by atomic mass is 10.1. The zero-order valence-electron chi connectivity index (χ0n) is 19.1. The van der Waals surface area contributed by atoms with Crippen LogP contribution in [0.25, 0.3) is 11.4 Å². The van der Waals surface area contributed by atoms with Crippen molar-refractivity contribution >= 4 is 11.8 Å². The van der Waals surface area contributed by atoms with Crippen molar-refractivity contribution in [3.05, 3.63) is 106 Å². The number of aryl methyl sites for hydroxylation is 2. The molecule has 2 aromatic carbocycles. The van der Waals surface area contributed by atoms with Gasteiger partial charge in [0, 0.05) is 39.7 Å². The van der Waals surface area contributed by atoms with Crippen LogP contribution < -0.4 is 0 Å². The number of esters is 1. The first-order chi connectivity index (χ1) is 15.8. The number of hydrogen-bond acceptors (Lipinski definition) is 3. The molecule has 0 atom stereocenters. The molecular weight excluding hydrogens is 419 g/mol. The summed E-state index contributed by atoms with van der Waals surface area (Å²) in [6.45, 7) is 7.12. The average Bonchev–Trinajstić information content (AvgIpc) is 3.27. The number of carbonyl (C=O) groups is 2. The van der Waals surface area contributed by atoms with Gasteiger partial charge in [0.2, 0.25) is 5.78 Å². The van der Waals surface area contributed by atoms with Gasteiger partial charge in [0.05, 0.1) is 5.56 Å². The van der Waals surface area contributed by atoms with Crippen LogP contribution in [0.2, 0.25) is 0 Å². The van der Waals surface area contributed by atoms with Crippen LogP contribution in [0, 0.1) is 33.5 Å². The molecule has 168 valence electrons. The van der Waals surface area contributed by atoms with Gasteiger partial charge in [-0.2, -0.15) is 0 Å². The highest BCUT2D eigenvalue weighted by Crippen LogP contribution is 2.23. The maximum atomic E-state index is 13.3. The molecule has 0 aliphatic carbocycles. The molecule has 0 aliphatic rings. The summed E-state index contributed by atoms with van der Waals surface area (Å²) in [6.07, 6.45) is 0. The fraction of sp³-hybridized carbons (Fsp3) is 0.185. The Morgan fingerprint density at radius 1 is 0.758 bits per heavy atom. The van der Waals surface area contributed by atoms with E-state index in [2.05, 4.69) is 0 Å². The average molecular weight is 445 g/mol. The molecule has 2 aromatic heterocycles. The van der Waals surface area contributed by atoms with Crippen LogP contribution in [0.1, 0.15) is 43.5 Å². The SMILES string of the molecule is Cc1cc(C(=O)COC(=O)c2cc(C)n(-c3ccc(F)cc3)c2C)c(C)n1-c1ccccc1. The van der Waals surface area contributed by atoms with E-state index in [4.69, 9.17) is 4.74 Å². The van der Waals surface area contributed by atoms with Gasteiger partial charge in [0.1, 0.15) is 5.82 Å². The van der Waals surface area contributed by atoms with Crippen molar-refractivity contribution in [3.63, 3.8) is 0 Å². The summed E-state index contributed by atoms with van der Waals surface area (Å²) in [7, 11) is 0. The topological polar surface area (TPSA) is 53.2 Å². The van der Waals surface area contributed by atoms with Crippen molar-refractivity contribution < 1.29 is 18.7 Å². The summed E-state index contributed by atoms with van der Waals surface area (Å²) in [4.78, 5) is 25.7. The van der Waals surface area contributed by atoms with Gasteiger partial charge in [0.15, 0.2) is 6.61 Å². The van der Waals surface area contributed by atoms with Crippen molar-refractivity contribution in [3.8, 4) is 11.4 Å². The summed E-state index contributed by atoms with van der Waals surface area (Å²) in [5.41, 5.74) is 5.82. The summed E-state index contributed by atoms with van der Waals surface area (Å²) in [6, 6.07) is 19.4. The lowest BCUT2D eigenvalue weighted by molar-refractivity contribution is 0.0474. The third-order valence-corrected chi connectivity index (χ3v) is 5.82. The molecule has 4 rings (SSSR count). The molecule has 2 heterocycles. The Kier molecular flexibility index (Phi) is 6.01. The van der Waals surface area contributed by atoms with Crippen LogP contribution in [0.15, 0.2) is 66.7 Å². The van der Waals surface area contributed by atoms with E-state index in [-0.39, 0.29) is 18.2 Å². The molecule has 0 spiro atoms. The van der Waals surface area contributed by atoms with Crippen molar-refractivity contribution in [2.24, 2.45) is 0 Å². The van der Waals surface area contributed by atoms with Crippen LogP contribution in [-0.2, 0) is 4.74 Å². The highest BCUT2D eigenvalue weighted by atomic mass is 19.1. The molecule has 0 aliphatic heterocycles. The summed E-state index contributed by atoms with van der Waals surface area (Å²) < 4.78 is 22.5. The number of hydrogen-bond donors (Lipinski definition) is 0. The lowest BCUT2D eigenvalue weighted by Crippen LogP contribution is -2.15. The molecule has 0 bridgehead atoms. The second-order valence-corrected chi connectivity index (χ2v) is 8.05. The normalized spacial score (nSPS) is 10.9. The Bertz CT molecular complexity index is 1330. The Hall–Kier alpha value is -3.93. The molecule has 0 saturated carbocycles. The molecule has 0 radical (unpaired) electrons. The molecule has 0 saturated heterocycles. The zero-order valence-corrected chi connectivity index (χ0v) is 19.1. The van der Waals surface area contributed by atoms with Gasteiger partial charge >= 0.3 is 5.97 Å². The molecule has 33 heavy (non-hydrogen) atoms. The van der Waals surface area contributed by atoms with E-state index >= 15 is 0 Å². The first kappa shape index (κ1) is 22.3. The molecule has 0 unspecified atom stereocenters. The molecule has 0 fully saturated rings. The number of carbonyl (C=O) groups excluding carboxylic acids is 2. The van der Waals surface area contributed by atoms with Gasteiger partial charge in [-0.1, -0.05) is 18.2 Å². The number of rotatable bonds is 6. The van der Waals surface area contributed by atoms with Crippen LogP contribution in [0.3, 0.4) is 0 Å². The van der Waals surface area contributed by atoms with E-state index in [1.54, 1.807) is 25.1 Å². The van der Waals surface area contributed by atoms with Crippen LogP contribution in [0.5, 0.6) is 0 Å². The van der Waals surface area contributed by atoms with Crippen LogP contribution in [0.4, 0.5) is 4.39 Å². The van der Waals surface area contributed by atoms with E-state index in [1.807, 2.05) is 66.3 Å². The molecule has 5 nitrogen and oxygen atoms in total. The summed E-state index contributed by atoms with van der Waals surface area (Å²) >= 11 is 0. The number of halogens is 1. The fourth-order valence-corrected chi connectivity index (χ4v) is 4.26. The van der Waals surface area contributed by atoms with Crippen LogP contribution in [-0.4, -0.2) is 27.5 Å². The minimum atomic E-state index is -0.568. The van der Waals surface area contributed by atoms with Crippen molar-refractivity contribution in [2.75, 3.05) is 6.61 Å². The number of benzene rings is 2. The molecule has 4 aromatic rings. The van der Waals surface area contributed by atoms with Gasteiger partial charge in [-0.25, -0.2) is 9.18 Å². The first-order valence-corrected chi connectivity index (χ1v) is 10.7. The van der Waals surface area contributed by atoms with Gasteiger partial charge in [-0.15, -0.1) is 0 Å². The minimum Gasteiger partial charge on any atom is -0.454 e. The van der Waals surface area contributed by atoms with Crippen molar-refractivity contribution in [2.45, 2.75) is 27.7 Å². The predicted octanol–water partition coefficient (Wildman–Crippen LogP) is 5.68. The van der Waals surface area contributed by atoms with Gasteiger partial charge in [0.25, 0.3) is 0 Å². The van der Waals surface area contributed by atoms with Gasteiger partial charge in [-0.05, 0) is 76.2 Å². The summed E-state index contributed by atoms with van der Waals surface area (Å²) in [5, 5.41) is 0. The Morgan fingerprint density at radius 3 is 1.88 bits per heavy atom. The summed E-state index contributed by atoms with van der Waals surface area (Å²) in [5.74, 6) is -1.15. The fourth-order valence-electron chi connectivity index (χ4n) is 4.26. The van der Waals surface area contributed by atoms with E-state index in [1.165, 1.54) is 12.1 Å². The van der Waals surface area contributed by atoms with E-state index in [0.717, 1.165) is 28.5 Å². The minimum absolute atomic E-state index is 0.258. The molecule has 0 N–H and O–H groups in total. The Labute approximate surface area is 192 Å². The third-order valence-electron chi connectivity index (χ3n) is 5.82. The lowest BCUT2D eigenvalue weighted by Gasteiger charge is -2.10. The highest BCUT2D eigenvalue weighted by molar-refractivity contribution is 6.01. The Morgan fingerprint density at radius 2 is 1.27 bits per heavy atom. The van der Waals surface area contributed by atoms with Crippen molar-refractivity contribution in [1.29, 1.82) is 0 Å². The first-order valence-electron chi connectivity index (χ1n) is 10.7. The monoisotopic (exact) mass is 444 g/mol. The number of nitrogens with zero attached hydrogens (tertiary/aromatic N) is 2.